The minimum absolute atomic E-state index is 0.799. The molecule has 0 unspecified atom stereocenters. The van der Waals surface area contributed by atoms with E-state index in [1.54, 1.807) is 6.08 Å². The molecule has 0 spiro atoms. The summed E-state index contributed by atoms with van der Waals surface area (Å²) in [7, 11) is 0. The maximum Gasteiger partial charge on any atom is 0.0403 e. The van der Waals surface area contributed by atoms with Crippen LogP contribution in [-0.2, 0) is 6.54 Å². The molecule has 1 aromatic rings. The van der Waals surface area contributed by atoms with Crippen LogP contribution in [-0.4, -0.2) is 4.57 Å². The lowest BCUT2D eigenvalue weighted by Gasteiger charge is -1.91. The van der Waals surface area contributed by atoms with Crippen molar-refractivity contribution in [2.24, 2.45) is 0 Å². The lowest BCUT2D eigenvalue weighted by molar-refractivity contribution is 0.831. The fraction of sp³-hybridized carbons (Fsp3) is 0.143. The number of aromatic nitrogens is 1. The zero-order valence-electron chi connectivity index (χ0n) is 4.62. The van der Waals surface area contributed by atoms with Crippen molar-refractivity contribution >= 4 is 0 Å². The number of hydrogen-bond donors (Lipinski definition) is 0. The molecule has 0 aliphatic carbocycles. The average molecular weight is 106 g/mol. The topological polar surface area (TPSA) is 4.93 Å². The Morgan fingerprint density at radius 2 is 2.00 bits per heavy atom. The molecule has 0 fully saturated rings. The monoisotopic (exact) mass is 106 g/mol. The molecule has 0 atom stereocenters. The summed E-state index contributed by atoms with van der Waals surface area (Å²) >= 11 is 0. The smallest absolute Gasteiger partial charge is 0.0403 e. The van der Waals surface area contributed by atoms with Gasteiger partial charge >= 0.3 is 0 Å². The molecule has 0 amide bonds. The summed E-state index contributed by atoms with van der Waals surface area (Å²) in [5.41, 5.74) is 0. The summed E-state index contributed by atoms with van der Waals surface area (Å²) in [6, 6.07) is 3.95. The Hall–Kier alpha value is -0.980. The molecule has 0 N–H and O–H groups in total. The van der Waals surface area contributed by atoms with Crippen LogP contribution < -0.4 is 0 Å². The zero-order chi connectivity index (χ0) is 5.82. The van der Waals surface area contributed by atoms with Gasteiger partial charge < -0.3 is 4.57 Å². The van der Waals surface area contributed by atoms with E-state index in [1.807, 2.05) is 29.1 Å². The van der Waals surface area contributed by atoms with E-state index in [0.717, 1.165) is 6.54 Å². The zero-order valence-corrected chi connectivity index (χ0v) is 4.62. The van der Waals surface area contributed by atoms with Crippen molar-refractivity contribution in [3.8, 4) is 0 Å². The molecule has 41 valence electrons. The molecule has 0 saturated heterocycles. The van der Waals surface area contributed by atoms with Crippen molar-refractivity contribution in [2.75, 3.05) is 0 Å². The van der Waals surface area contributed by atoms with Crippen LogP contribution in [0.5, 0.6) is 0 Å². The lowest BCUT2D eigenvalue weighted by atomic mass is 10.6. The first kappa shape index (κ1) is 5.16. The molecule has 0 saturated carbocycles. The van der Waals surface area contributed by atoms with Crippen molar-refractivity contribution in [3.05, 3.63) is 37.2 Å². The fourth-order valence-electron chi connectivity index (χ4n) is 0.614. The van der Waals surface area contributed by atoms with E-state index in [9.17, 15) is 0 Å². The minimum Gasteiger partial charge on any atom is -0.350 e. The van der Waals surface area contributed by atoms with E-state index >= 15 is 0 Å². The SMILES string of the molecule is [CH]=CCn1cccc1. The van der Waals surface area contributed by atoms with Gasteiger partial charge in [-0.1, -0.05) is 12.7 Å². The van der Waals surface area contributed by atoms with Gasteiger partial charge in [0, 0.05) is 18.9 Å². The molecule has 0 aliphatic rings. The van der Waals surface area contributed by atoms with E-state index in [1.165, 1.54) is 0 Å². The first-order valence-electron chi connectivity index (χ1n) is 2.57. The van der Waals surface area contributed by atoms with Gasteiger partial charge in [0.1, 0.15) is 0 Å². The molecule has 1 heteroatoms. The number of rotatable bonds is 2. The third kappa shape index (κ3) is 0.997. The fourth-order valence-corrected chi connectivity index (χ4v) is 0.614. The first-order chi connectivity index (χ1) is 3.93. The second-order valence-electron chi connectivity index (χ2n) is 1.62. The van der Waals surface area contributed by atoms with Gasteiger partial charge in [0.25, 0.3) is 0 Å². The Balaban J connectivity index is 2.62. The van der Waals surface area contributed by atoms with Gasteiger partial charge in [-0.3, -0.25) is 0 Å². The van der Waals surface area contributed by atoms with Crippen molar-refractivity contribution in [2.45, 2.75) is 6.54 Å². The van der Waals surface area contributed by atoms with Crippen LogP contribution in [0.1, 0.15) is 0 Å². The largest absolute Gasteiger partial charge is 0.350 e. The Morgan fingerprint density at radius 3 is 2.50 bits per heavy atom. The van der Waals surface area contributed by atoms with E-state index in [-0.39, 0.29) is 0 Å². The molecular formula is C7H8N. The molecular weight excluding hydrogens is 98.1 g/mol. The van der Waals surface area contributed by atoms with Crippen LogP contribution in [0.2, 0.25) is 0 Å². The van der Waals surface area contributed by atoms with Crippen molar-refractivity contribution in [1.29, 1.82) is 0 Å². The van der Waals surface area contributed by atoms with E-state index in [4.69, 9.17) is 6.58 Å². The second kappa shape index (κ2) is 2.36. The van der Waals surface area contributed by atoms with E-state index < -0.39 is 0 Å². The summed E-state index contributed by atoms with van der Waals surface area (Å²) in [5, 5.41) is 0. The third-order valence-corrected chi connectivity index (χ3v) is 0.982. The highest BCUT2D eigenvalue weighted by atomic mass is 14.9. The summed E-state index contributed by atoms with van der Waals surface area (Å²) in [5.74, 6) is 0. The molecule has 0 aliphatic heterocycles. The second-order valence-corrected chi connectivity index (χ2v) is 1.62. The summed E-state index contributed by atoms with van der Waals surface area (Å²) in [6.45, 7) is 5.97. The Kier molecular flexibility index (Phi) is 1.52. The lowest BCUT2D eigenvalue weighted by Crippen LogP contribution is -1.87. The van der Waals surface area contributed by atoms with Crippen LogP contribution in [0, 0.1) is 6.58 Å². The highest BCUT2D eigenvalue weighted by Gasteiger charge is 1.78. The van der Waals surface area contributed by atoms with Gasteiger partial charge in [-0.2, -0.15) is 0 Å². The van der Waals surface area contributed by atoms with E-state index in [2.05, 4.69) is 0 Å². The molecule has 1 radical (unpaired) electrons. The van der Waals surface area contributed by atoms with Crippen LogP contribution in [0.3, 0.4) is 0 Å². The van der Waals surface area contributed by atoms with Crippen molar-refractivity contribution < 1.29 is 0 Å². The maximum atomic E-state index is 5.17. The molecule has 1 aromatic heterocycles. The predicted octanol–water partition coefficient (Wildman–Crippen LogP) is 1.48. The molecule has 1 nitrogen and oxygen atoms in total. The number of hydrogen-bond acceptors (Lipinski definition) is 0. The predicted molar refractivity (Wildman–Crippen MR) is 33.3 cm³/mol. The van der Waals surface area contributed by atoms with Crippen LogP contribution in [0.25, 0.3) is 0 Å². The van der Waals surface area contributed by atoms with Crippen LogP contribution in [0.15, 0.2) is 30.6 Å². The average Bonchev–Trinajstić information content (AvgIpc) is 2.19. The van der Waals surface area contributed by atoms with E-state index in [0.29, 0.717) is 0 Å². The van der Waals surface area contributed by atoms with Gasteiger partial charge in [-0.25, -0.2) is 0 Å². The maximum absolute atomic E-state index is 5.17. The summed E-state index contributed by atoms with van der Waals surface area (Å²) < 4.78 is 2.00. The Labute approximate surface area is 49.3 Å². The Morgan fingerprint density at radius 1 is 1.38 bits per heavy atom. The first-order valence-corrected chi connectivity index (χ1v) is 2.57. The van der Waals surface area contributed by atoms with Crippen molar-refractivity contribution in [3.63, 3.8) is 0 Å². The molecule has 0 bridgehead atoms. The van der Waals surface area contributed by atoms with Gasteiger partial charge in [0.2, 0.25) is 0 Å². The quantitative estimate of drug-likeness (QED) is 0.538. The molecule has 0 aromatic carbocycles. The standard InChI is InChI=1S/C7H8N/c1-2-5-8-6-3-4-7-8/h1-4,6-7H,5H2. The highest BCUT2D eigenvalue weighted by Crippen LogP contribution is 1.87. The highest BCUT2D eigenvalue weighted by molar-refractivity contribution is 4.91. The minimum atomic E-state index is 0.799. The normalized spacial score (nSPS) is 9.00. The summed E-state index contributed by atoms with van der Waals surface area (Å²) in [4.78, 5) is 0. The van der Waals surface area contributed by atoms with Crippen LogP contribution in [0.4, 0.5) is 0 Å². The summed E-state index contributed by atoms with van der Waals surface area (Å²) in [6.07, 6.45) is 5.58. The molecule has 8 heavy (non-hydrogen) atoms. The molecule has 1 rings (SSSR count). The molecule has 1 heterocycles. The van der Waals surface area contributed by atoms with Gasteiger partial charge in [0.15, 0.2) is 0 Å². The number of allylic oxidation sites excluding steroid dienone is 1. The van der Waals surface area contributed by atoms with Gasteiger partial charge in [-0.15, -0.1) is 0 Å². The van der Waals surface area contributed by atoms with Crippen LogP contribution >= 0.6 is 0 Å². The van der Waals surface area contributed by atoms with Crippen molar-refractivity contribution in [1.82, 2.24) is 4.57 Å². The number of nitrogens with zero attached hydrogens (tertiary/aromatic N) is 1. The third-order valence-electron chi connectivity index (χ3n) is 0.982. The Bertz CT molecular complexity index is 151. The van der Waals surface area contributed by atoms with Gasteiger partial charge in [0.05, 0.1) is 0 Å². The van der Waals surface area contributed by atoms with Gasteiger partial charge in [-0.05, 0) is 12.1 Å².